The number of carboxylic acid groups (broad SMARTS) is 2. The van der Waals surface area contributed by atoms with Crippen molar-refractivity contribution in [1.82, 2.24) is 10.6 Å². The standard InChI is InChI=1S/C10H16N2O6/c1-5(9(15)16)11-7(13)3-4-8(14)12-6(2)10(17)18/h5-6H,3-4H2,1-2H3,(H,11,13)(H,12,14)(H,15,16)(H,17,18)/t5-,6-/m0/s1. The monoisotopic (exact) mass is 260 g/mol. The third kappa shape index (κ3) is 6.46. The van der Waals surface area contributed by atoms with Crippen molar-refractivity contribution in [1.29, 1.82) is 0 Å². The van der Waals surface area contributed by atoms with E-state index in [1.54, 1.807) is 0 Å². The van der Waals surface area contributed by atoms with Gasteiger partial charge >= 0.3 is 11.9 Å². The minimum absolute atomic E-state index is 0.199. The molecule has 8 nitrogen and oxygen atoms in total. The number of nitrogens with one attached hydrogen (secondary N) is 2. The third-order valence-electron chi connectivity index (χ3n) is 2.07. The van der Waals surface area contributed by atoms with E-state index >= 15 is 0 Å². The SMILES string of the molecule is C[C@H](NC(=O)CCC(=O)N[C@@H](C)C(=O)O)C(=O)O. The minimum atomic E-state index is -1.17. The number of carboxylic acids is 2. The molecular weight excluding hydrogens is 244 g/mol. The van der Waals surface area contributed by atoms with Crippen molar-refractivity contribution in [3.05, 3.63) is 0 Å². The van der Waals surface area contributed by atoms with Gasteiger partial charge in [-0.1, -0.05) is 0 Å². The minimum Gasteiger partial charge on any atom is -0.480 e. The van der Waals surface area contributed by atoms with Crippen LogP contribution in [0.15, 0.2) is 0 Å². The fourth-order valence-corrected chi connectivity index (χ4v) is 0.978. The Balaban J connectivity index is 3.96. The van der Waals surface area contributed by atoms with Crippen molar-refractivity contribution >= 4 is 23.8 Å². The van der Waals surface area contributed by atoms with Gasteiger partial charge in [-0.25, -0.2) is 0 Å². The van der Waals surface area contributed by atoms with Gasteiger partial charge < -0.3 is 20.8 Å². The van der Waals surface area contributed by atoms with E-state index in [4.69, 9.17) is 10.2 Å². The van der Waals surface area contributed by atoms with Crippen molar-refractivity contribution in [3.8, 4) is 0 Å². The highest BCUT2D eigenvalue weighted by molar-refractivity contribution is 5.88. The number of hydrogen-bond acceptors (Lipinski definition) is 4. The highest BCUT2D eigenvalue weighted by Crippen LogP contribution is 1.93. The Labute approximate surface area is 103 Å². The summed E-state index contributed by atoms with van der Waals surface area (Å²) in [6.07, 6.45) is -0.397. The number of carbonyl (C=O) groups excluding carboxylic acids is 2. The van der Waals surface area contributed by atoms with Gasteiger partial charge in [-0.3, -0.25) is 19.2 Å². The molecule has 0 fully saturated rings. The maximum Gasteiger partial charge on any atom is 0.325 e. The molecule has 0 aromatic heterocycles. The second-order valence-corrected chi connectivity index (χ2v) is 3.75. The molecule has 2 atom stereocenters. The predicted octanol–water partition coefficient (Wildman–Crippen LogP) is -1.05. The second-order valence-electron chi connectivity index (χ2n) is 3.75. The molecule has 0 unspecified atom stereocenters. The Morgan fingerprint density at radius 1 is 0.833 bits per heavy atom. The van der Waals surface area contributed by atoms with Crippen LogP contribution in [0.2, 0.25) is 0 Å². The lowest BCUT2D eigenvalue weighted by Gasteiger charge is -2.10. The van der Waals surface area contributed by atoms with E-state index in [9.17, 15) is 19.2 Å². The molecule has 0 aromatic rings. The second kappa shape index (κ2) is 7.25. The van der Waals surface area contributed by atoms with Crippen molar-refractivity contribution in [2.45, 2.75) is 38.8 Å². The molecule has 0 saturated carbocycles. The van der Waals surface area contributed by atoms with Crippen molar-refractivity contribution in [2.24, 2.45) is 0 Å². The van der Waals surface area contributed by atoms with Gasteiger partial charge in [0.1, 0.15) is 12.1 Å². The molecule has 0 rings (SSSR count). The molecule has 0 bridgehead atoms. The van der Waals surface area contributed by atoms with Crippen LogP contribution in [0.25, 0.3) is 0 Å². The maximum atomic E-state index is 11.2. The van der Waals surface area contributed by atoms with Gasteiger partial charge in [0.2, 0.25) is 11.8 Å². The molecule has 4 N–H and O–H groups in total. The van der Waals surface area contributed by atoms with Crippen molar-refractivity contribution in [2.75, 3.05) is 0 Å². The molecule has 18 heavy (non-hydrogen) atoms. The molecule has 0 spiro atoms. The first-order valence-electron chi connectivity index (χ1n) is 5.28. The van der Waals surface area contributed by atoms with Gasteiger partial charge in [-0.05, 0) is 13.8 Å². The molecule has 0 aliphatic heterocycles. The summed E-state index contributed by atoms with van der Waals surface area (Å²) in [5, 5.41) is 21.4. The molecule has 0 aromatic carbocycles. The fourth-order valence-electron chi connectivity index (χ4n) is 0.978. The van der Waals surface area contributed by atoms with Crippen molar-refractivity contribution < 1.29 is 29.4 Å². The number of aliphatic carboxylic acids is 2. The topological polar surface area (TPSA) is 133 Å². The normalized spacial score (nSPS) is 13.2. The van der Waals surface area contributed by atoms with Crippen LogP contribution in [0.3, 0.4) is 0 Å². The first-order chi connectivity index (χ1) is 8.23. The summed E-state index contributed by atoms with van der Waals surface area (Å²) in [5.41, 5.74) is 0. The Kier molecular flexibility index (Phi) is 6.40. The molecule has 0 aliphatic rings. The van der Waals surface area contributed by atoms with Crippen LogP contribution < -0.4 is 10.6 Å². The van der Waals surface area contributed by atoms with E-state index in [1.165, 1.54) is 13.8 Å². The van der Waals surface area contributed by atoms with Crippen LogP contribution in [-0.2, 0) is 19.2 Å². The van der Waals surface area contributed by atoms with Crippen molar-refractivity contribution in [3.63, 3.8) is 0 Å². The van der Waals surface area contributed by atoms with Crippen LogP contribution in [0.1, 0.15) is 26.7 Å². The van der Waals surface area contributed by atoms with E-state index in [2.05, 4.69) is 10.6 Å². The van der Waals surface area contributed by atoms with E-state index in [1.807, 2.05) is 0 Å². The van der Waals surface area contributed by atoms with Crippen LogP contribution in [0.5, 0.6) is 0 Å². The van der Waals surface area contributed by atoms with Gasteiger partial charge in [0.25, 0.3) is 0 Å². The van der Waals surface area contributed by atoms with E-state index in [0.717, 1.165) is 0 Å². The van der Waals surface area contributed by atoms with Gasteiger partial charge in [-0.2, -0.15) is 0 Å². The molecule has 0 radical (unpaired) electrons. The first kappa shape index (κ1) is 15.9. The lowest BCUT2D eigenvalue weighted by Crippen LogP contribution is -2.40. The Morgan fingerprint density at radius 3 is 1.33 bits per heavy atom. The highest BCUT2D eigenvalue weighted by Gasteiger charge is 2.17. The third-order valence-corrected chi connectivity index (χ3v) is 2.07. The number of carbonyl (C=O) groups is 4. The lowest BCUT2D eigenvalue weighted by atomic mass is 10.2. The summed E-state index contributed by atoms with van der Waals surface area (Å²) in [5.74, 6) is -3.51. The Hall–Kier alpha value is -2.12. The van der Waals surface area contributed by atoms with Gasteiger partial charge in [0, 0.05) is 12.8 Å². The molecule has 0 saturated heterocycles. The number of hydrogen-bond donors (Lipinski definition) is 4. The first-order valence-corrected chi connectivity index (χ1v) is 5.28. The van der Waals surface area contributed by atoms with Gasteiger partial charge in [0.15, 0.2) is 0 Å². The average molecular weight is 260 g/mol. The average Bonchev–Trinajstić information content (AvgIpc) is 2.25. The summed E-state index contributed by atoms with van der Waals surface area (Å²) in [6.45, 7) is 2.60. The Bertz CT molecular complexity index is 320. The Morgan fingerprint density at radius 2 is 1.11 bits per heavy atom. The van der Waals surface area contributed by atoms with Crippen LogP contribution in [-0.4, -0.2) is 46.0 Å². The summed E-state index contributed by atoms with van der Waals surface area (Å²) in [4.78, 5) is 43.3. The summed E-state index contributed by atoms with van der Waals surface area (Å²) in [7, 11) is 0. The summed E-state index contributed by atoms with van der Waals surface area (Å²) >= 11 is 0. The molecule has 0 aliphatic carbocycles. The van der Waals surface area contributed by atoms with E-state index in [0.29, 0.717) is 0 Å². The molecule has 2 amide bonds. The molecule has 8 heteroatoms. The maximum absolute atomic E-state index is 11.2. The number of rotatable bonds is 7. The highest BCUT2D eigenvalue weighted by atomic mass is 16.4. The zero-order valence-corrected chi connectivity index (χ0v) is 10.1. The predicted molar refractivity (Wildman–Crippen MR) is 59.7 cm³/mol. The van der Waals surface area contributed by atoms with E-state index in [-0.39, 0.29) is 12.8 Å². The number of amides is 2. The smallest absolute Gasteiger partial charge is 0.325 e. The fraction of sp³-hybridized carbons (Fsp3) is 0.600. The molecule has 0 heterocycles. The van der Waals surface area contributed by atoms with E-state index < -0.39 is 35.8 Å². The quantitative estimate of drug-likeness (QED) is 0.461. The zero-order valence-electron chi connectivity index (χ0n) is 10.1. The largest absolute Gasteiger partial charge is 0.480 e. The lowest BCUT2D eigenvalue weighted by molar-refractivity contribution is -0.142. The summed E-state index contributed by atoms with van der Waals surface area (Å²) in [6, 6.07) is -2.06. The van der Waals surface area contributed by atoms with Crippen LogP contribution >= 0.6 is 0 Å². The summed E-state index contributed by atoms with van der Waals surface area (Å²) < 4.78 is 0. The molecular formula is C10H16N2O6. The van der Waals surface area contributed by atoms with Crippen LogP contribution in [0.4, 0.5) is 0 Å². The van der Waals surface area contributed by atoms with Crippen LogP contribution in [0, 0.1) is 0 Å². The zero-order chi connectivity index (χ0) is 14.3. The molecule has 102 valence electrons. The van der Waals surface area contributed by atoms with Gasteiger partial charge in [-0.15, -0.1) is 0 Å². The van der Waals surface area contributed by atoms with Gasteiger partial charge in [0.05, 0.1) is 0 Å².